The summed E-state index contributed by atoms with van der Waals surface area (Å²) >= 11 is 0. The van der Waals surface area contributed by atoms with E-state index in [4.69, 9.17) is 0 Å². The molecule has 1 saturated carbocycles. The van der Waals surface area contributed by atoms with Crippen molar-refractivity contribution in [1.29, 1.82) is 0 Å². The van der Waals surface area contributed by atoms with E-state index >= 15 is 0 Å². The van der Waals surface area contributed by atoms with Crippen LogP contribution in [-0.4, -0.2) is 47.8 Å². The van der Waals surface area contributed by atoms with Crippen molar-refractivity contribution in [3.05, 3.63) is 0 Å². The molecule has 1 aliphatic carbocycles. The van der Waals surface area contributed by atoms with Gasteiger partial charge in [0.05, 0.1) is 6.10 Å². The zero-order valence-corrected chi connectivity index (χ0v) is 10.7. The second-order valence-corrected chi connectivity index (χ2v) is 5.64. The fourth-order valence-corrected chi connectivity index (χ4v) is 2.49. The second kappa shape index (κ2) is 5.48. The zero-order valence-electron chi connectivity index (χ0n) is 10.7. The Morgan fingerprint density at radius 2 is 1.81 bits per heavy atom. The molecule has 2 fully saturated rings. The van der Waals surface area contributed by atoms with Crippen molar-refractivity contribution in [3.63, 3.8) is 0 Å². The Morgan fingerprint density at radius 3 is 2.31 bits per heavy atom. The smallest absolute Gasteiger partial charge is 0.0664 e. The third-order valence-corrected chi connectivity index (χ3v) is 4.20. The summed E-state index contributed by atoms with van der Waals surface area (Å²) in [5.74, 6) is 0.859. The van der Waals surface area contributed by atoms with Crippen molar-refractivity contribution in [3.8, 4) is 0 Å². The molecule has 1 saturated heterocycles. The number of hydrogen-bond acceptors (Lipinski definition) is 3. The minimum atomic E-state index is -0.207. The van der Waals surface area contributed by atoms with Gasteiger partial charge < -0.3 is 10.4 Å². The number of nitrogens with zero attached hydrogens (tertiary/aromatic N) is 1. The van der Waals surface area contributed by atoms with E-state index in [0.717, 1.165) is 25.0 Å². The van der Waals surface area contributed by atoms with Crippen LogP contribution in [0.5, 0.6) is 0 Å². The molecule has 2 N–H and O–H groups in total. The van der Waals surface area contributed by atoms with Crippen LogP contribution in [0.1, 0.15) is 39.5 Å². The van der Waals surface area contributed by atoms with Crippen molar-refractivity contribution >= 4 is 0 Å². The van der Waals surface area contributed by atoms with Crippen molar-refractivity contribution < 1.29 is 5.11 Å². The molecule has 94 valence electrons. The molecule has 0 aromatic heterocycles. The number of likely N-dealkylation sites (tertiary alicyclic amines) is 1. The normalized spacial score (nSPS) is 27.9. The highest BCUT2D eigenvalue weighted by molar-refractivity contribution is 4.84. The molecular weight excluding hydrogens is 200 g/mol. The summed E-state index contributed by atoms with van der Waals surface area (Å²) in [4.78, 5) is 2.43. The summed E-state index contributed by atoms with van der Waals surface area (Å²) in [6, 6.07) is 1.16. The Balaban J connectivity index is 1.65. The van der Waals surface area contributed by atoms with E-state index < -0.39 is 0 Å². The fraction of sp³-hybridized carbons (Fsp3) is 1.00. The lowest BCUT2D eigenvalue weighted by Crippen LogP contribution is -2.46. The van der Waals surface area contributed by atoms with Crippen LogP contribution in [0.3, 0.4) is 0 Å². The van der Waals surface area contributed by atoms with Gasteiger partial charge in [-0.2, -0.15) is 0 Å². The Bertz CT molecular complexity index is 208. The van der Waals surface area contributed by atoms with Gasteiger partial charge in [-0.1, -0.05) is 0 Å². The van der Waals surface area contributed by atoms with Gasteiger partial charge in [0.1, 0.15) is 0 Å². The average molecular weight is 226 g/mol. The molecule has 16 heavy (non-hydrogen) atoms. The van der Waals surface area contributed by atoms with Crippen LogP contribution in [0.25, 0.3) is 0 Å². The van der Waals surface area contributed by atoms with E-state index in [1.54, 1.807) is 0 Å². The van der Waals surface area contributed by atoms with Gasteiger partial charge in [0.2, 0.25) is 0 Å². The zero-order chi connectivity index (χ0) is 11.5. The van der Waals surface area contributed by atoms with E-state index in [9.17, 15) is 5.11 Å². The first kappa shape index (κ1) is 12.3. The Hall–Kier alpha value is -0.120. The lowest BCUT2D eigenvalue weighted by atomic mass is 9.95. The number of aliphatic hydroxyl groups is 1. The van der Waals surface area contributed by atoms with E-state index in [1.165, 1.54) is 32.2 Å². The van der Waals surface area contributed by atoms with Crippen LogP contribution >= 0.6 is 0 Å². The molecule has 2 aliphatic rings. The fourth-order valence-electron chi connectivity index (χ4n) is 2.49. The standard InChI is InChI=1S/C13H26N2O/c1-10(11(2)16)15-7-5-12(6-8-15)9-14-13-3-4-13/h10-14,16H,3-9H2,1-2H3. The predicted octanol–water partition coefficient (Wildman–Crippen LogP) is 1.22. The molecule has 0 spiro atoms. The molecule has 0 amide bonds. The summed E-state index contributed by atoms with van der Waals surface area (Å²) in [5.41, 5.74) is 0. The maximum atomic E-state index is 9.57. The van der Waals surface area contributed by atoms with Gasteiger partial charge in [-0.05, 0) is 65.1 Å². The minimum Gasteiger partial charge on any atom is -0.392 e. The van der Waals surface area contributed by atoms with Gasteiger partial charge in [0.15, 0.2) is 0 Å². The van der Waals surface area contributed by atoms with Crippen molar-refractivity contribution in [2.45, 2.75) is 57.7 Å². The number of aliphatic hydroxyl groups excluding tert-OH is 1. The summed E-state index contributed by atoms with van der Waals surface area (Å²) in [7, 11) is 0. The first-order chi connectivity index (χ1) is 7.66. The first-order valence-electron chi connectivity index (χ1n) is 6.82. The molecule has 2 rings (SSSR count). The first-order valence-corrected chi connectivity index (χ1v) is 6.82. The molecule has 2 atom stereocenters. The summed E-state index contributed by atoms with van der Waals surface area (Å²) in [6.45, 7) is 7.55. The highest BCUT2D eigenvalue weighted by atomic mass is 16.3. The molecule has 0 radical (unpaired) electrons. The quantitative estimate of drug-likeness (QED) is 0.740. The highest BCUT2D eigenvalue weighted by Crippen LogP contribution is 2.22. The van der Waals surface area contributed by atoms with Gasteiger partial charge in [-0.25, -0.2) is 0 Å². The summed E-state index contributed by atoms with van der Waals surface area (Å²) < 4.78 is 0. The number of rotatable bonds is 5. The average Bonchev–Trinajstić information content (AvgIpc) is 3.10. The maximum Gasteiger partial charge on any atom is 0.0664 e. The maximum absolute atomic E-state index is 9.57. The monoisotopic (exact) mass is 226 g/mol. The lowest BCUT2D eigenvalue weighted by Gasteiger charge is -2.37. The van der Waals surface area contributed by atoms with Gasteiger partial charge in [0.25, 0.3) is 0 Å². The van der Waals surface area contributed by atoms with Gasteiger partial charge >= 0.3 is 0 Å². The number of hydrogen-bond donors (Lipinski definition) is 2. The van der Waals surface area contributed by atoms with Crippen molar-refractivity contribution in [2.75, 3.05) is 19.6 Å². The molecule has 0 aromatic carbocycles. The topological polar surface area (TPSA) is 35.5 Å². The predicted molar refractivity (Wildman–Crippen MR) is 66.5 cm³/mol. The van der Waals surface area contributed by atoms with Crippen LogP contribution < -0.4 is 5.32 Å². The van der Waals surface area contributed by atoms with Crippen LogP contribution in [0.4, 0.5) is 0 Å². The summed E-state index contributed by atoms with van der Waals surface area (Å²) in [5, 5.41) is 13.2. The van der Waals surface area contributed by atoms with Gasteiger partial charge in [-0.15, -0.1) is 0 Å². The van der Waals surface area contributed by atoms with Gasteiger partial charge in [0, 0.05) is 12.1 Å². The van der Waals surface area contributed by atoms with Crippen molar-refractivity contribution in [2.24, 2.45) is 5.92 Å². The molecule has 3 heteroatoms. The molecular formula is C13H26N2O. The SMILES string of the molecule is CC(O)C(C)N1CCC(CNC2CC2)CC1. The molecule has 1 aliphatic heterocycles. The van der Waals surface area contributed by atoms with E-state index in [2.05, 4.69) is 17.1 Å². The van der Waals surface area contributed by atoms with Crippen LogP contribution in [0.2, 0.25) is 0 Å². The van der Waals surface area contributed by atoms with Gasteiger partial charge in [-0.3, -0.25) is 4.90 Å². The molecule has 2 unspecified atom stereocenters. The van der Waals surface area contributed by atoms with E-state index in [1.807, 2.05) is 6.92 Å². The minimum absolute atomic E-state index is 0.207. The Labute approximate surface area is 99.2 Å². The second-order valence-electron chi connectivity index (χ2n) is 5.64. The van der Waals surface area contributed by atoms with Crippen molar-refractivity contribution in [1.82, 2.24) is 10.2 Å². The van der Waals surface area contributed by atoms with Crippen LogP contribution in [0.15, 0.2) is 0 Å². The molecule has 1 heterocycles. The number of nitrogens with one attached hydrogen (secondary N) is 1. The highest BCUT2D eigenvalue weighted by Gasteiger charge is 2.26. The molecule has 3 nitrogen and oxygen atoms in total. The Kier molecular flexibility index (Phi) is 4.22. The van der Waals surface area contributed by atoms with E-state index in [-0.39, 0.29) is 6.10 Å². The lowest BCUT2D eigenvalue weighted by molar-refractivity contribution is 0.0482. The third-order valence-electron chi connectivity index (χ3n) is 4.20. The summed E-state index contributed by atoms with van der Waals surface area (Å²) in [6.07, 6.45) is 5.14. The third kappa shape index (κ3) is 3.44. The molecule has 0 aromatic rings. The number of piperidine rings is 1. The Morgan fingerprint density at radius 1 is 1.19 bits per heavy atom. The van der Waals surface area contributed by atoms with Crippen LogP contribution in [-0.2, 0) is 0 Å². The van der Waals surface area contributed by atoms with Crippen LogP contribution in [0, 0.1) is 5.92 Å². The van der Waals surface area contributed by atoms with E-state index in [0.29, 0.717) is 6.04 Å². The molecule has 0 bridgehead atoms. The largest absolute Gasteiger partial charge is 0.392 e.